The topological polar surface area (TPSA) is 77.9 Å². The molecule has 1 spiro atoms. The quantitative estimate of drug-likeness (QED) is 0.260. The Labute approximate surface area is 259 Å². The lowest BCUT2D eigenvalue weighted by Gasteiger charge is -2.40. The molecule has 0 amide bonds. The average Bonchev–Trinajstić information content (AvgIpc) is 3.26. The van der Waals surface area contributed by atoms with Crippen LogP contribution in [0.5, 0.6) is 0 Å². The molecule has 2 aliphatic heterocycles. The summed E-state index contributed by atoms with van der Waals surface area (Å²) >= 11 is 3.53. The highest BCUT2D eigenvalue weighted by Gasteiger charge is 2.53. The van der Waals surface area contributed by atoms with E-state index in [1.807, 2.05) is 13.8 Å². The van der Waals surface area contributed by atoms with E-state index in [0.29, 0.717) is 66.7 Å². The molecule has 0 bridgehead atoms. The number of methoxy groups -OCH3 is 1. The Balaban J connectivity index is 0.000000566. The van der Waals surface area contributed by atoms with Gasteiger partial charge >= 0.3 is 12.1 Å². The van der Waals surface area contributed by atoms with Crippen LogP contribution < -0.4 is 0 Å². The van der Waals surface area contributed by atoms with E-state index in [2.05, 4.69) is 45.3 Å². The predicted molar refractivity (Wildman–Crippen MR) is 163 cm³/mol. The number of carbonyl (C=O) groups is 1. The third-order valence-corrected chi connectivity index (χ3v) is 8.42. The highest BCUT2D eigenvalue weighted by atomic mass is 32.1. The molecular weight excluding hydrogens is 579 g/mol. The first-order chi connectivity index (χ1) is 20.0. The molecule has 1 N–H and O–H groups in total. The Hall–Kier alpha value is -2.14. The van der Waals surface area contributed by atoms with Gasteiger partial charge in [0.2, 0.25) is 0 Å². The van der Waals surface area contributed by atoms with Gasteiger partial charge in [0.15, 0.2) is 5.69 Å². The number of alkyl halides is 3. The molecule has 2 unspecified atom stereocenters. The number of thiol groups is 1. The van der Waals surface area contributed by atoms with Crippen molar-refractivity contribution in [1.29, 1.82) is 0 Å². The molecule has 3 heterocycles. The van der Waals surface area contributed by atoms with Crippen LogP contribution in [0.25, 0.3) is 0 Å². The summed E-state index contributed by atoms with van der Waals surface area (Å²) in [6, 6.07) is 4.76. The maximum absolute atomic E-state index is 13.2. The van der Waals surface area contributed by atoms with Crippen LogP contribution in [0.1, 0.15) is 123 Å². The molecule has 1 aromatic heterocycles. The Kier molecular flexibility index (Phi) is 11.1. The summed E-state index contributed by atoms with van der Waals surface area (Å²) in [6.07, 6.45) is -1.08. The van der Waals surface area contributed by atoms with Gasteiger partial charge in [0, 0.05) is 48.4 Å². The van der Waals surface area contributed by atoms with E-state index < -0.39 is 35.5 Å². The number of halogens is 3. The van der Waals surface area contributed by atoms with Gasteiger partial charge in [0.25, 0.3) is 0 Å². The molecule has 1 saturated heterocycles. The van der Waals surface area contributed by atoms with E-state index in [9.17, 15) is 23.1 Å². The van der Waals surface area contributed by atoms with E-state index in [0.717, 1.165) is 17.7 Å². The molecule has 0 saturated carbocycles. The van der Waals surface area contributed by atoms with Gasteiger partial charge in [-0.05, 0) is 47.6 Å². The van der Waals surface area contributed by atoms with E-state index in [-0.39, 0.29) is 11.1 Å². The van der Waals surface area contributed by atoms with Crippen LogP contribution in [-0.4, -0.2) is 42.6 Å². The number of rotatable bonds is 2. The van der Waals surface area contributed by atoms with Crippen LogP contribution >= 0.6 is 12.6 Å². The van der Waals surface area contributed by atoms with Crippen molar-refractivity contribution >= 4 is 18.6 Å². The number of fused-ring (bicyclic) bond motifs is 4. The fraction of sp³-hybridized carbons (Fsp3) is 0.636. The molecule has 1 aliphatic carbocycles. The number of benzene rings is 1. The number of aliphatic hydroxyl groups is 1. The van der Waals surface area contributed by atoms with Crippen molar-refractivity contribution in [1.82, 2.24) is 4.98 Å². The normalized spacial score (nSPS) is 21.9. The molecule has 10 heteroatoms. The summed E-state index contributed by atoms with van der Waals surface area (Å²) in [5.41, 5.74) is 1.75. The first-order valence-electron chi connectivity index (χ1n) is 14.7. The number of aliphatic hydroxyl groups excluding tert-OH is 1. The zero-order valence-corrected chi connectivity index (χ0v) is 27.4. The maximum Gasteiger partial charge on any atom is 0.416 e. The van der Waals surface area contributed by atoms with Crippen LogP contribution in [0.4, 0.5) is 13.2 Å². The number of nitrogens with zero attached hydrogens (tertiary/aromatic N) is 1. The Bertz CT molecular complexity index is 1270. The minimum Gasteiger partial charge on any atom is -0.464 e. The lowest BCUT2D eigenvalue weighted by Crippen LogP contribution is -2.37. The van der Waals surface area contributed by atoms with Crippen LogP contribution in [0.2, 0.25) is 0 Å². The molecule has 1 fully saturated rings. The van der Waals surface area contributed by atoms with E-state index in [1.54, 1.807) is 6.26 Å². The number of hydrogen-bond acceptors (Lipinski definition) is 7. The van der Waals surface area contributed by atoms with Gasteiger partial charge in [-0.15, -0.1) is 0 Å². The van der Waals surface area contributed by atoms with Gasteiger partial charge in [-0.1, -0.05) is 60.1 Å². The number of hydrogen-bond donors (Lipinski definition) is 2. The minimum absolute atomic E-state index is 0.0828. The Morgan fingerprint density at radius 1 is 1.09 bits per heavy atom. The van der Waals surface area contributed by atoms with Crippen molar-refractivity contribution in [2.45, 2.75) is 97.6 Å². The zero-order valence-electron chi connectivity index (χ0n) is 26.5. The summed E-state index contributed by atoms with van der Waals surface area (Å²) < 4.78 is 56.9. The largest absolute Gasteiger partial charge is 0.464 e. The van der Waals surface area contributed by atoms with Crippen molar-refractivity contribution in [3.63, 3.8) is 0 Å². The number of aromatic nitrogens is 1. The number of carbonyl (C=O) groups excluding carboxylic acids is 1. The van der Waals surface area contributed by atoms with Gasteiger partial charge < -0.3 is 19.3 Å². The molecule has 240 valence electrons. The monoisotopic (exact) mass is 625 g/mol. The van der Waals surface area contributed by atoms with Crippen LogP contribution in [0, 0.1) is 10.8 Å². The van der Waals surface area contributed by atoms with Crippen LogP contribution in [0.3, 0.4) is 0 Å². The second-order valence-corrected chi connectivity index (χ2v) is 13.3. The zero-order chi connectivity index (χ0) is 32.4. The average molecular weight is 626 g/mol. The molecule has 2 aromatic rings. The van der Waals surface area contributed by atoms with Crippen LogP contribution in [0.15, 0.2) is 24.3 Å². The second kappa shape index (κ2) is 13.5. The van der Waals surface area contributed by atoms with Crippen molar-refractivity contribution in [3.05, 3.63) is 63.5 Å². The van der Waals surface area contributed by atoms with E-state index in [1.165, 1.54) is 25.7 Å². The molecule has 5 rings (SSSR count). The lowest BCUT2D eigenvalue weighted by atomic mass is 9.70. The third kappa shape index (κ3) is 7.75. The van der Waals surface area contributed by atoms with E-state index >= 15 is 0 Å². The van der Waals surface area contributed by atoms with Gasteiger partial charge in [-0.25, -0.2) is 9.78 Å². The summed E-state index contributed by atoms with van der Waals surface area (Å²) in [5.74, 6) is -0.647. The smallest absolute Gasteiger partial charge is 0.416 e. The van der Waals surface area contributed by atoms with E-state index in [4.69, 9.17) is 14.2 Å². The summed E-state index contributed by atoms with van der Waals surface area (Å²) in [6.45, 7) is 13.9. The first-order valence-corrected chi connectivity index (χ1v) is 15.6. The molecule has 2 atom stereocenters. The molecule has 0 radical (unpaired) electrons. The highest BCUT2D eigenvalue weighted by molar-refractivity contribution is 7.79. The summed E-state index contributed by atoms with van der Waals surface area (Å²) in [4.78, 5) is 17.6. The fourth-order valence-electron chi connectivity index (χ4n) is 5.80. The fourth-order valence-corrected chi connectivity index (χ4v) is 5.80. The molecule has 1 aromatic carbocycles. The molecular formula is C33H46F3NO5S. The molecule has 6 nitrogen and oxygen atoms in total. The molecule has 43 heavy (non-hydrogen) atoms. The SMILES string of the molecule is CCC(C)(C)C.COC(=O)c1nc2c(c3c1C(c1ccc(C(F)(F)F)cc1)OC31CCOCC1)C(O)CC(C)(C)C2.CS. The van der Waals surface area contributed by atoms with Gasteiger partial charge in [-0.3, -0.25) is 0 Å². The third-order valence-electron chi connectivity index (χ3n) is 8.42. The van der Waals surface area contributed by atoms with Crippen molar-refractivity contribution in [2.24, 2.45) is 10.8 Å². The van der Waals surface area contributed by atoms with Gasteiger partial charge in [0.1, 0.15) is 6.10 Å². The van der Waals surface area contributed by atoms with Gasteiger partial charge in [0.05, 0.1) is 24.4 Å². The standard InChI is InChI=1S/C26H28F3NO5.C6H14.CH4S/c1-24(2)12-16-18(17(31)13-24)20-19(21(30-16)23(32)33-3)22(35-25(20)8-10-34-11-9-25)14-4-6-15(7-5-14)26(27,28)29;1-5-6(2,3)4;1-2/h4-7,17,22,31H,8-13H2,1-3H3;5H2,1-4H3;2H,1H3. The van der Waals surface area contributed by atoms with Gasteiger partial charge in [-0.2, -0.15) is 25.8 Å². The van der Waals surface area contributed by atoms with Crippen molar-refractivity contribution in [2.75, 3.05) is 26.6 Å². The summed E-state index contributed by atoms with van der Waals surface area (Å²) in [5, 5.41) is 11.3. The first kappa shape index (κ1) is 35.3. The maximum atomic E-state index is 13.2. The van der Waals surface area contributed by atoms with Crippen molar-refractivity contribution in [3.8, 4) is 0 Å². The summed E-state index contributed by atoms with van der Waals surface area (Å²) in [7, 11) is 1.27. The second-order valence-electron chi connectivity index (χ2n) is 13.3. The lowest BCUT2D eigenvalue weighted by molar-refractivity contribution is -0.137. The minimum atomic E-state index is -4.47. The Morgan fingerprint density at radius 3 is 2.14 bits per heavy atom. The molecule has 3 aliphatic rings. The number of pyridine rings is 1. The van der Waals surface area contributed by atoms with Crippen molar-refractivity contribution < 1.29 is 37.3 Å². The van der Waals surface area contributed by atoms with Crippen LogP contribution in [-0.2, 0) is 32.4 Å². The number of ether oxygens (including phenoxy) is 3. The highest BCUT2D eigenvalue weighted by Crippen LogP contribution is 2.57. The Morgan fingerprint density at radius 2 is 1.65 bits per heavy atom. The predicted octanol–water partition coefficient (Wildman–Crippen LogP) is 8.01. The number of esters is 1.